The average molecular weight is 275 g/mol. The van der Waals surface area contributed by atoms with Crippen LogP contribution in [-0.2, 0) is 0 Å². The van der Waals surface area contributed by atoms with Crippen molar-refractivity contribution in [3.63, 3.8) is 0 Å². The summed E-state index contributed by atoms with van der Waals surface area (Å²) in [6.07, 6.45) is 0. The molecule has 1 aliphatic heterocycles. The normalized spacial score (nSPS) is 21.4. The summed E-state index contributed by atoms with van der Waals surface area (Å²) in [4.78, 5) is 4.29. The lowest BCUT2D eigenvalue weighted by molar-refractivity contribution is 0.214. The quantitative estimate of drug-likeness (QED) is 0.843. The second kappa shape index (κ2) is 5.10. The lowest BCUT2D eigenvalue weighted by Crippen LogP contribution is -2.29. The highest BCUT2D eigenvalue weighted by Gasteiger charge is 2.27. The molecular formula is C15H15ClN2O. The number of para-hydroxylation sites is 1. The van der Waals surface area contributed by atoms with E-state index in [0.717, 1.165) is 11.6 Å². The van der Waals surface area contributed by atoms with Crippen LogP contribution in [0, 0.1) is 5.92 Å². The fraction of sp³-hybridized carbons (Fsp3) is 0.267. The minimum atomic E-state index is 0.191. The van der Waals surface area contributed by atoms with Gasteiger partial charge in [0.2, 0.25) is 0 Å². The van der Waals surface area contributed by atoms with E-state index < -0.39 is 0 Å². The Morgan fingerprint density at radius 2 is 2.05 bits per heavy atom. The molecule has 0 spiro atoms. The summed E-state index contributed by atoms with van der Waals surface area (Å²) in [7, 11) is 0. The number of ether oxygens (including phenoxy) is 1. The van der Waals surface area contributed by atoms with Gasteiger partial charge in [0.15, 0.2) is 0 Å². The zero-order valence-electron chi connectivity index (χ0n) is 10.6. The molecule has 0 saturated carbocycles. The molecule has 1 aromatic carbocycles. The van der Waals surface area contributed by atoms with E-state index in [1.807, 2.05) is 30.3 Å². The van der Waals surface area contributed by atoms with Crippen LogP contribution in [0.3, 0.4) is 0 Å². The molecule has 0 radical (unpaired) electrons. The predicted octanol–water partition coefficient (Wildman–Crippen LogP) is 3.92. The maximum atomic E-state index is 5.92. The molecule has 0 amide bonds. The fourth-order valence-corrected chi connectivity index (χ4v) is 2.52. The molecule has 1 aliphatic rings. The van der Waals surface area contributed by atoms with Gasteiger partial charge < -0.3 is 10.1 Å². The van der Waals surface area contributed by atoms with Gasteiger partial charge in [-0.05, 0) is 18.2 Å². The van der Waals surface area contributed by atoms with Gasteiger partial charge in [0.1, 0.15) is 16.7 Å². The van der Waals surface area contributed by atoms with Gasteiger partial charge >= 0.3 is 0 Å². The molecule has 2 atom stereocenters. The molecule has 1 N–H and O–H groups in total. The van der Waals surface area contributed by atoms with Crippen LogP contribution >= 0.6 is 11.6 Å². The molecule has 3 rings (SSSR count). The smallest absolute Gasteiger partial charge is 0.131 e. The Bertz CT molecular complexity index is 588. The number of benzene rings is 1. The zero-order valence-corrected chi connectivity index (χ0v) is 11.4. The van der Waals surface area contributed by atoms with Gasteiger partial charge in [0.05, 0.1) is 12.6 Å². The minimum Gasteiger partial charge on any atom is -0.493 e. The molecular weight excluding hydrogens is 260 g/mol. The van der Waals surface area contributed by atoms with Crippen LogP contribution in [0.2, 0.25) is 5.15 Å². The van der Waals surface area contributed by atoms with E-state index in [1.54, 1.807) is 6.07 Å². The van der Waals surface area contributed by atoms with Crippen molar-refractivity contribution in [2.45, 2.75) is 13.0 Å². The summed E-state index contributed by atoms with van der Waals surface area (Å²) in [6.45, 7) is 2.87. The van der Waals surface area contributed by atoms with Crippen molar-refractivity contribution < 1.29 is 4.74 Å². The molecule has 0 bridgehead atoms. The highest BCUT2D eigenvalue weighted by Crippen LogP contribution is 2.36. The fourth-order valence-electron chi connectivity index (χ4n) is 2.36. The number of halogens is 1. The summed E-state index contributed by atoms with van der Waals surface area (Å²) in [5, 5.41) is 3.95. The monoisotopic (exact) mass is 274 g/mol. The minimum absolute atomic E-state index is 0.191. The largest absolute Gasteiger partial charge is 0.493 e. The average Bonchev–Trinajstić information content (AvgIpc) is 2.42. The Morgan fingerprint density at radius 1 is 1.21 bits per heavy atom. The van der Waals surface area contributed by atoms with Crippen molar-refractivity contribution in [3.8, 4) is 5.75 Å². The summed E-state index contributed by atoms with van der Waals surface area (Å²) in [5.41, 5.74) is 1.17. The predicted molar refractivity (Wildman–Crippen MR) is 76.7 cm³/mol. The first-order chi connectivity index (χ1) is 9.24. The Labute approximate surface area is 117 Å². The third-order valence-electron chi connectivity index (χ3n) is 3.34. The Kier molecular flexibility index (Phi) is 3.30. The Morgan fingerprint density at radius 3 is 2.89 bits per heavy atom. The first-order valence-corrected chi connectivity index (χ1v) is 6.72. The third-order valence-corrected chi connectivity index (χ3v) is 3.55. The van der Waals surface area contributed by atoms with Gasteiger partial charge in [-0.15, -0.1) is 0 Å². The molecule has 0 fully saturated rings. The lowest BCUT2D eigenvalue weighted by Gasteiger charge is -2.32. The molecule has 3 nitrogen and oxygen atoms in total. The van der Waals surface area contributed by atoms with Crippen molar-refractivity contribution in [1.82, 2.24) is 4.98 Å². The van der Waals surface area contributed by atoms with E-state index in [-0.39, 0.29) is 6.04 Å². The highest BCUT2D eigenvalue weighted by molar-refractivity contribution is 6.29. The first kappa shape index (κ1) is 12.3. The molecule has 2 heterocycles. The highest BCUT2D eigenvalue weighted by atomic mass is 35.5. The van der Waals surface area contributed by atoms with Crippen molar-refractivity contribution in [1.29, 1.82) is 0 Å². The second-order valence-corrected chi connectivity index (χ2v) is 5.18. The van der Waals surface area contributed by atoms with Crippen LogP contribution in [-0.4, -0.2) is 11.6 Å². The van der Waals surface area contributed by atoms with Crippen LogP contribution in [0.1, 0.15) is 18.5 Å². The number of hydrogen-bond donors (Lipinski definition) is 1. The molecule has 0 aliphatic carbocycles. The zero-order chi connectivity index (χ0) is 13.2. The van der Waals surface area contributed by atoms with Gasteiger partial charge in [-0.3, -0.25) is 0 Å². The van der Waals surface area contributed by atoms with Crippen LogP contribution < -0.4 is 10.1 Å². The summed E-state index contributed by atoms with van der Waals surface area (Å²) in [5.74, 6) is 2.11. The van der Waals surface area contributed by atoms with Gasteiger partial charge in [-0.1, -0.05) is 42.8 Å². The van der Waals surface area contributed by atoms with E-state index in [2.05, 4.69) is 23.3 Å². The maximum absolute atomic E-state index is 5.92. The number of nitrogens with one attached hydrogen (secondary N) is 1. The Balaban J connectivity index is 1.91. The van der Waals surface area contributed by atoms with E-state index in [4.69, 9.17) is 16.3 Å². The van der Waals surface area contributed by atoms with E-state index in [9.17, 15) is 0 Å². The topological polar surface area (TPSA) is 34.1 Å². The van der Waals surface area contributed by atoms with Gasteiger partial charge in [-0.2, -0.15) is 0 Å². The van der Waals surface area contributed by atoms with Gasteiger partial charge in [0, 0.05) is 11.5 Å². The molecule has 2 unspecified atom stereocenters. The standard InChI is InChI=1S/C15H15ClN2O/c1-10-9-19-12-6-3-2-5-11(12)15(10)18-14-8-4-7-13(16)17-14/h2-8,10,15H,9H2,1H3,(H,17,18). The summed E-state index contributed by atoms with van der Waals surface area (Å²) < 4.78 is 5.74. The van der Waals surface area contributed by atoms with Crippen molar-refractivity contribution >= 4 is 17.4 Å². The Hall–Kier alpha value is -1.74. The van der Waals surface area contributed by atoms with Gasteiger partial charge in [-0.25, -0.2) is 4.98 Å². The van der Waals surface area contributed by atoms with Crippen LogP contribution in [0.25, 0.3) is 0 Å². The second-order valence-electron chi connectivity index (χ2n) is 4.79. The van der Waals surface area contributed by atoms with E-state index in [1.165, 1.54) is 5.56 Å². The van der Waals surface area contributed by atoms with Crippen LogP contribution in [0.5, 0.6) is 5.75 Å². The molecule has 19 heavy (non-hydrogen) atoms. The lowest BCUT2D eigenvalue weighted by atomic mass is 9.92. The van der Waals surface area contributed by atoms with E-state index >= 15 is 0 Å². The summed E-state index contributed by atoms with van der Waals surface area (Å²) >= 11 is 5.92. The number of hydrogen-bond acceptors (Lipinski definition) is 3. The van der Waals surface area contributed by atoms with Crippen molar-refractivity contribution in [2.24, 2.45) is 5.92 Å². The summed E-state index contributed by atoms with van der Waals surface area (Å²) in [6, 6.07) is 13.9. The molecule has 1 aromatic heterocycles. The van der Waals surface area contributed by atoms with Gasteiger partial charge in [0.25, 0.3) is 0 Å². The maximum Gasteiger partial charge on any atom is 0.131 e. The molecule has 98 valence electrons. The van der Waals surface area contributed by atoms with Crippen LogP contribution in [0.15, 0.2) is 42.5 Å². The number of aromatic nitrogens is 1. The van der Waals surface area contributed by atoms with Crippen molar-refractivity contribution in [2.75, 3.05) is 11.9 Å². The number of nitrogens with zero attached hydrogens (tertiary/aromatic N) is 1. The number of anilines is 1. The van der Waals surface area contributed by atoms with E-state index in [0.29, 0.717) is 17.7 Å². The molecule has 0 saturated heterocycles. The van der Waals surface area contributed by atoms with Crippen LogP contribution in [0.4, 0.5) is 5.82 Å². The number of rotatable bonds is 2. The SMILES string of the molecule is CC1COc2ccccc2C1Nc1cccc(Cl)n1. The number of fused-ring (bicyclic) bond motifs is 1. The van der Waals surface area contributed by atoms with Crippen molar-refractivity contribution in [3.05, 3.63) is 53.2 Å². The molecule has 4 heteroatoms. The third kappa shape index (κ3) is 2.51. The first-order valence-electron chi connectivity index (χ1n) is 6.35. The molecule has 2 aromatic rings. The number of pyridine rings is 1.